The standard InChI is InChI=1S/C12H15N/c1-2-5-11-10(4-1)6-9-12(13-11)7-3-8-12/h1-2,4-5,13H,3,6-9H2. The highest BCUT2D eigenvalue weighted by molar-refractivity contribution is 5.55. The van der Waals surface area contributed by atoms with E-state index in [-0.39, 0.29) is 0 Å². The third kappa shape index (κ3) is 1.06. The van der Waals surface area contributed by atoms with Crippen LogP contribution in [0, 0.1) is 0 Å². The van der Waals surface area contributed by atoms with Crippen molar-refractivity contribution in [1.29, 1.82) is 0 Å². The van der Waals surface area contributed by atoms with Crippen molar-refractivity contribution in [2.45, 2.75) is 37.6 Å². The molecular weight excluding hydrogens is 158 g/mol. The van der Waals surface area contributed by atoms with E-state index >= 15 is 0 Å². The first-order valence-electron chi connectivity index (χ1n) is 5.24. The summed E-state index contributed by atoms with van der Waals surface area (Å²) in [6.45, 7) is 0. The van der Waals surface area contributed by atoms with E-state index in [9.17, 15) is 0 Å². The molecule has 1 spiro atoms. The Labute approximate surface area is 79.2 Å². The highest BCUT2D eigenvalue weighted by atomic mass is 15.0. The van der Waals surface area contributed by atoms with Gasteiger partial charge in [0.1, 0.15) is 0 Å². The van der Waals surface area contributed by atoms with Crippen LogP contribution < -0.4 is 5.32 Å². The molecule has 1 nitrogen and oxygen atoms in total. The van der Waals surface area contributed by atoms with Crippen LogP contribution in [-0.2, 0) is 6.42 Å². The normalized spacial score (nSPS) is 23.1. The average Bonchev–Trinajstić information content (AvgIpc) is 2.15. The summed E-state index contributed by atoms with van der Waals surface area (Å²) < 4.78 is 0. The second-order valence-corrected chi connectivity index (χ2v) is 4.42. The van der Waals surface area contributed by atoms with Crippen LogP contribution in [0.3, 0.4) is 0 Å². The van der Waals surface area contributed by atoms with Gasteiger partial charge in [0.05, 0.1) is 0 Å². The van der Waals surface area contributed by atoms with Crippen LogP contribution in [0.25, 0.3) is 0 Å². The minimum Gasteiger partial charge on any atom is -0.379 e. The number of fused-ring (bicyclic) bond motifs is 1. The van der Waals surface area contributed by atoms with Crippen LogP contribution >= 0.6 is 0 Å². The molecule has 0 amide bonds. The topological polar surface area (TPSA) is 12.0 Å². The zero-order valence-corrected chi connectivity index (χ0v) is 7.84. The van der Waals surface area contributed by atoms with Gasteiger partial charge in [-0.25, -0.2) is 0 Å². The summed E-state index contributed by atoms with van der Waals surface area (Å²) in [5.74, 6) is 0. The van der Waals surface area contributed by atoms with Gasteiger partial charge in [-0.05, 0) is 43.7 Å². The number of anilines is 1. The molecule has 0 aromatic heterocycles. The number of para-hydroxylation sites is 1. The zero-order valence-electron chi connectivity index (χ0n) is 7.84. The van der Waals surface area contributed by atoms with E-state index in [0.717, 1.165) is 0 Å². The Bertz CT molecular complexity index is 326. The zero-order chi connectivity index (χ0) is 8.73. The lowest BCUT2D eigenvalue weighted by Crippen LogP contribution is -2.47. The van der Waals surface area contributed by atoms with Gasteiger partial charge in [0.2, 0.25) is 0 Å². The summed E-state index contributed by atoms with van der Waals surface area (Å²) in [5, 5.41) is 3.71. The van der Waals surface area contributed by atoms with Crippen LogP contribution in [0.1, 0.15) is 31.2 Å². The molecule has 0 bridgehead atoms. The third-order valence-corrected chi connectivity index (χ3v) is 3.60. The molecule has 1 N–H and O–H groups in total. The summed E-state index contributed by atoms with van der Waals surface area (Å²) >= 11 is 0. The summed E-state index contributed by atoms with van der Waals surface area (Å²) in [5.41, 5.74) is 3.38. The van der Waals surface area contributed by atoms with Gasteiger partial charge >= 0.3 is 0 Å². The quantitative estimate of drug-likeness (QED) is 0.636. The van der Waals surface area contributed by atoms with Crippen molar-refractivity contribution in [2.24, 2.45) is 0 Å². The molecule has 1 heteroatoms. The molecule has 1 fully saturated rings. The molecule has 13 heavy (non-hydrogen) atoms. The number of rotatable bonds is 0. The second-order valence-electron chi connectivity index (χ2n) is 4.42. The van der Waals surface area contributed by atoms with Crippen LogP contribution in [0.4, 0.5) is 5.69 Å². The first-order valence-corrected chi connectivity index (χ1v) is 5.24. The lowest BCUT2D eigenvalue weighted by atomic mass is 9.71. The molecule has 0 unspecified atom stereocenters. The van der Waals surface area contributed by atoms with Crippen LogP contribution in [0.2, 0.25) is 0 Å². The Kier molecular flexibility index (Phi) is 1.43. The van der Waals surface area contributed by atoms with Gasteiger partial charge in [-0.1, -0.05) is 18.2 Å². The van der Waals surface area contributed by atoms with Gasteiger partial charge in [-0.2, -0.15) is 0 Å². The van der Waals surface area contributed by atoms with Gasteiger partial charge in [0, 0.05) is 11.2 Å². The van der Waals surface area contributed by atoms with E-state index in [0.29, 0.717) is 5.54 Å². The molecule has 68 valence electrons. The summed E-state index contributed by atoms with van der Waals surface area (Å²) in [6, 6.07) is 8.73. The van der Waals surface area contributed by atoms with Crippen molar-refractivity contribution in [3.63, 3.8) is 0 Å². The molecule has 1 aromatic rings. The van der Waals surface area contributed by atoms with Crippen molar-refractivity contribution < 1.29 is 0 Å². The molecule has 0 saturated heterocycles. The van der Waals surface area contributed by atoms with Gasteiger partial charge in [-0.3, -0.25) is 0 Å². The van der Waals surface area contributed by atoms with E-state index in [1.54, 1.807) is 0 Å². The molecule has 1 aliphatic heterocycles. The average molecular weight is 173 g/mol. The Morgan fingerprint density at radius 1 is 1.08 bits per heavy atom. The fraction of sp³-hybridized carbons (Fsp3) is 0.500. The molecule has 1 aromatic carbocycles. The van der Waals surface area contributed by atoms with Gasteiger partial charge in [0.15, 0.2) is 0 Å². The maximum Gasteiger partial charge on any atom is 0.0377 e. The Balaban J connectivity index is 1.94. The van der Waals surface area contributed by atoms with Crippen molar-refractivity contribution in [3.05, 3.63) is 29.8 Å². The minimum atomic E-state index is 0.494. The molecular formula is C12H15N. The van der Waals surface area contributed by atoms with E-state index in [1.165, 1.54) is 43.4 Å². The Morgan fingerprint density at radius 2 is 1.92 bits per heavy atom. The lowest BCUT2D eigenvalue weighted by molar-refractivity contribution is 0.254. The van der Waals surface area contributed by atoms with E-state index in [4.69, 9.17) is 0 Å². The minimum absolute atomic E-state index is 0.494. The van der Waals surface area contributed by atoms with E-state index in [1.807, 2.05) is 0 Å². The van der Waals surface area contributed by atoms with Gasteiger partial charge < -0.3 is 5.32 Å². The third-order valence-electron chi connectivity index (χ3n) is 3.60. The molecule has 1 heterocycles. The van der Waals surface area contributed by atoms with Crippen molar-refractivity contribution in [3.8, 4) is 0 Å². The highest BCUT2D eigenvalue weighted by Gasteiger charge is 2.38. The number of benzene rings is 1. The lowest BCUT2D eigenvalue weighted by Gasteiger charge is -2.46. The maximum atomic E-state index is 3.71. The van der Waals surface area contributed by atoms with Crippen LogP contribution in [-0.4, -0.2) is 5.54 Å². The van der Waals surface area contributed by atoms with Crippen LogP contribution in [0.5, 0.6) is 0 Å². The molecule has 1 saturated carbocycles. The molecule has 2 aliphatic rings. The molecule has 3 rings (SSSR count). The number of hydrogen-bond donors (Lipinski definition) is 1. The smallest absolute Gasteiger partial charge is 0.0377 e. The summed E-state index contributed by atoms with van der Waals surface area (Å²) in [4.78, 5) is 0. The first-order chi connectivity index (χ1) is 6.38. The van der Waals surface area contributed by atoms with E-state index in [2.05, 4.69) is 29.6 Å². The molecule has 0 atom stereocenters. The first kappa shape index (κ1) is 7.43. The Morgan fingerprint density at radius 3 is 2.69 bits per heavy atom. The number of aryl methyl sites for hydroxylation is 1. The molecule has 1 aliphatic carbocycles. The molecule has 0 radical (unpaired) electrons. The monoisotopic (exact) mass is 173 g/mol. The fourth-order valence-corrected chi connectivity index (χ4v) is 2.56. The van der Waals surface area contributed by atoms with Gasteiger partial charge in [0.25, 0.3) is 0 Å². The fourth-order valence-electron chi connectivity index (χ4n) is 2.56. The second kappa shape index (κ2) is 2.50. The largest absolute Gasteiger partial charge is 0.379 e. The predicted molar refractivity (Wildman–Crippen MR) is 55.0 cm³/mol. The van der Waals surface area contributed by atoms with Crippen molar-refractivity contribution in [1.82, 2.24) is 0 Å². The maximum absolute atomic E-state index is 3.71. The summed E-state index contributed by atoms with van der Waals surface area (Å²) in [6.07, 6.45) is 6.77. The van der Waals surface area contributed by atoms with Crippen molar-refractivity contribution in [2.75, 3.05) is 5.32 Å². The van der Waals surface area contributed by atoms with E-state index < -0.39 is 0 Å². The SMILES string of the molecule is c1ccc2c(c1)CCC1(CCC1)N2. The Hall–Kier alpha value is -0.980. The highest BCUT2D eigenvalue weighted by Crippen LogP contribution is 2.42. The summed E-state index contributed by atoms with van der Waals surface area (Å²) in [7, 11) is 0. The number of hydrogen-bond acceptors (Lipinski definition) is 1. The van der Waals surface area contributed by atoms with Crippen LogP contribution in [0.15, 0.2) is 24.3 Å². The van der Waals surface area contributed by atoms with Crippen molar-refractivity contribution >= 4 is 5.69 Å². The number of nitrogens with one attached hydrogen (secondary N) is 1. The predicted octanol–water partition coefficient (Wildman–Crippen LogP) is 2.97. The van der Waals surface area contributed by atoms with Gasteiger partial charge in [-0.15, -0.1) is 0 Å².